The van der Waals surface area contributed by atoms with Gasteiger partial charge in [-0.25, -0.2) is 0 Å². The maximum atomic E-state index is 11.7. The SMILES string of the molecule is CC(C(=O)O)C(=O)N(C)CCC1CCOCC1. The van der Waals surface area contributed by atoms with E-state index in [1.165, 1.54) is 11.8 Å². The normalized spacial score (nSPS) is 18.7. The maximum Gasteiger partial charge on any atom is 0.315 e. The summed E-state index contributed by atoms with van der Waals surface area (Å²) in [7, 11) is 1.67. The molecule has 1 aliphatic heterocycles. The van der Waals surface area contributed by atoms with Gasteiger partial charge in [-0.15, -0.1) is 0 Å². The van der Waals surface area contributed by atoms with Gasteiger partial charge in [0.1, 0.15) is 5.92 Å². The van der Waals surface area contributed by atoms with E-state index in [9.17, 15) is 9.59 Å². The molecule has 1 N–H and O–H groups in total. The Kier molecular flexibility index (Phi) is 5.41. The molecule has 98 valence electrons. The van der Waals surface area contributed by atoms with Gasteiger partial charge in [0.05, 0.1) is 0 Å². The van der Waals surface area contributed by atoms with Crippen molar-refractivity contribution < 1.29 is 19.4 Å². The van der Waals surface area contributed by atoms with Gasteiger partial charge >= 0.3 is 5.97 Å². The highest BCUT2D eigenvalue weighted by Gasteiger charge is 2.24. The first-order valence-electron chi connectivity index (χ1n) is 6.08. The second kappa shape index (κ2) is 6.59. The Balaban J connectivity index is 2.30. The van der Waals surface area contributed by atoms with Crippen LogP contribution in [0.1, 0.15) is 26.2 Å². The van der Waals surface area contributed by atoms with Crippen LogP contribution in [0.2, 0.25) is 0 Å². The number of carbonyl (C=O) groups excluding carboxylic acids is 1. The quantitative estimate of drug-likeness (QED) is 0.731. The molecule has 0 bridgehead atoms. The summed E-state index contributed by atoms with van der Waals surface area (Å²) in [5.41, 5.74) is 0. The first-order chi connectivity index (χ1) is 8.02. The Morgan fingerprint density at radius 3 is 2.53 bits per heavy atom. The van der Waals surface area contributed by atoms with Gasteiger partial charge in [-0.3, -0.25) is 9.59 Å². The molecule has 1 aliphatic rings. The molecule has 1 atom stereocenters. The molecule has 1 saturated heterocycles. The zero-order valence-electron chi connectivity index (χ0n) is 10.5. The Morgan fingerprint density at radius 1 is 1.41 bits per heavy atom. The lowest BCUT2D eigenvalue weighted by Gasteiger charge is -2.25. The van der Waals surface area contributed by atoms with Crippen LogP contribution in [0.4, 0.5) is 0 Å². The van der Waals surface area contributed by atoms with Gasteiger partial charge in [-0.2, -0.15) is 0 Å². The molecule has 5 heteroatoms. The van der Waals surface area contributed by atoms with E-state index in [4.69, 9.17) is 9.84 Å². The molecule has 0 aliphatic carbocycles. The average Bonchev–Trinajstić information content (AvgIpc) is 2.35. The molecule has 0 spiro atoms. The van der Waals surface area contributed by atoms with Crippen molar-refractivity contribution in [2.45, 2.75) is 26.2 Å². The zero-order valence-corrected chi connectivity index (χ0v) is 10.5. The molecule has 0 radical (unpaired) electrons. The minimum absolute atomic E-state index is 0.315. The largest absolute Gasteiger partial charge is 0.481 e. The summed E-state index contributed by atoms with van der Waals surface area (Å²) in [5.74, 6) is -1.73. The highest BCUT2D eigenvalue weighted by Crippen LogP contribution is 2.18. The Bertz CT molecular complexity index is 274. The van der Waals surface area contributed by atoms with Crippen LogP contribution < -0.4 is 0 Å². The van der Waals surface area contributed by atoms with E-state index >= 15 is 0 Å². The number of amides is 1. The smallest absolute Gasteiger partial charge is 0.315 e. The lowest BCUT2D eigenvalue weighted by Crippen LogP contribution is -2.36. The van der Waals surface area contributed by atoms with Crippen molar-refractivity contribution in [1.29, 1.82) is 0 Å². The molecule has 1 amide bonds. The summed E-state index contributed by atoms with van der Waals surface area (Å²) in [6.45, 7) is 3.65. The highest BCUT2D eigenvalue weighted by molar-refractivity contribution is 5.96. The van der Waals surface area contributed by atoms with Gasteiger partial charge in [0.2, 0.25) is 5.91 Å². The van der Waals surface area contributed by atoms with Crippen LogP contribution in [0.15, 0.2) is 0 Å². The number of ether oxygens (including phenoxy) is 1. The van der Waals surface area contributed by atoms with Crippen molar-refractivity contribution in [2.24, 2.45) is 11.8 Å². The fraction of sp³-hybridized carbons (Fsp3) is 0.833. The number of hydrogen-bond acceptors (Lipinski definition) is 3. The number of rotatable bonds is 5. The van der Waals surface area contributed by atoms with Crippen LogP contribution in [0, 0.1) is 11.8 Å². The number of aliphatic carboxylic acids is 1. The predicted molar refractivity (Wildman–Crippen MR) is 62.6 cm³/mol. The summed E-state index contributed by atoms with van der Waals surface area (Å²) < 4.78 is 5.27. The van der Waals surface area contributed by atoms with Crippen LogP contribution in [-0.4, -0.2) is 48.7 Å². The molecule has 0 aromatic rings. The predicted octanol–water partition coefficient (Wildman–Crippen LogP) is 0.982. The average molecular weight is 243 g/mol. The van der Waals surface area contributed by atoms with Crippen LogP contribution >= 0.6 is 0 Å². The van der Waals surface area contributed by atoms with Gasteiger partial charge < -0.3 is 14.7 Å². The number of hydrogen-bond donors (Lipinski definition) is 1. The Morgan fingerprint density at radius 2 is 2.00 bits per heavy atom. The maximum absolute atomic E-state index is 11.7. The van der Waals surface area contributed by atoms with Crippen LogP contribution in [0.3, 0.4) is 0 Å². The van der Waals surface area contributed by atoms with Crippen molar-refractivity contribution in [3.63, 3.8) is 0 Å². The first kappa shape index (κ1) is 14.0. The molecule has 1 rings (SSSR count). The van der Waals surface area contributed by atoms with Crippen molar-refractivity contribution in [3.8, 4) is 0 Å². The second-order valence-electron chi connectivity index (χ2n) is 4.66. The van der Waals surface area contributed by atoms with Gasteiger partial charge in [-0.05, 0) is 32.1 Å². The van der Waals surface area contributed by atoms with E-state index in [-0.39, 0.29) is 5.91 Å². The molecule has 0 saturated carbocycles. The van der Waals surface area contributed by atoms with Crippen LogP contribution in [0.25, 0.3) is 0 Å². The highest BCUT2D eigenvalue weighted by atomic mass is 16.5. The fourth-order valence-electron chi connectivity index (χ4n) is 1.96. The molecule has 1 fully saturated rings. The van der Waals surface area contributed by atoms with Gasteiger partial charge in [0, 0.05) is 26.8 Å². The molecule has 17 heavy (non-hydrogen) atoms. The van der Waals surface area contributed by atoms with E-state index in [0.29, 0.717) is 12.5 Å². The molecule has 5 nitrogen and oxygen atoms in total. The standard InChI is InChI=1S/C12H21NO4/c1-9(12(15)16)11(14)13(2)6-3-10-4-7-17-8-5-10/h9-10H,3-8H2,1-2H3,(H,15,16). The van der Waals surface area contributed by atoms with E-state index in [2.05, 4.69) is 0 Å². The molecule has 1 heterocycles. The third-order valence-electron chi connectivity index (χ3n) is 3.33. The van der Waals surface area contributed by atoms with E-state index < -0.39 is 11.9 Å². The van der Waals surface area contributed by atoms with Gasteiger partial charge in [-0.1, -0.05) is 0 Å². The minimum Gasteiger partial charge on any atom is -0.481 e. The summed E-state index contributed by atoms with van der Waals surface area (Å²) in [5, 5.41) is 8.75. The second-order valence-corrected chi connectivity index (χ2v) is 4.66. The Hall–Kier alpha value is -1.10. The number of carbonyl (C=O) groups is 2. The third kappa shape index (κ3) is 4.34. The van der Waals surface area contributed by atoms with Gasteiger partial charge in [0.25, 0.3) is 0 Å². The number of nitrogens with zero attached hydrogens (tertiary/aromatic N) is 1. The summed E-state index contributed by atoms with van der Waals surface area (Å²) >= 11 is 0. The van der Waals surface area contributed by atoms with E-state index in [1.54, 1.807) is 7.05 Å². The summed E-state index contributed by atoms with van der Waals surface area (Å²) in [4.78, 5) is 23.9. The van der Waals surface area contributed by atoms with E-state index in [1.807, 2.05) is 0 Å². The number of carboxylic acids is 1. The topological polar surface area (TPSA) is 66.8 Å². The number of carboxylic acid groups (broad SMARTS) is 1. The zero-order chi connectivity index (χ0) is 12.8. The fourth-order valence-corrected chi connectivity index (χ4v) is 1.96. The molecule has 0 aromatic carbocycles. The monoisotopic (exact) mass is 243 g/mol. The molecular formula is C12H21NO4. The van der Waals surface area contributed by atoms with Crippen LogP contribution in [0.5, 0.6) is 0 Å². The minimum atomic E-state index is -1.06. The lowest BCUT2D eigenvalue weighted by molar-refractivity contribution is -0.149. The molecule has 1 unspecified atom stereocenters. The Labute approximate surface area is 102 Å². The molecular weight excluding hydrogens is 222 g/mol. The van der Waals surface area contributed by atoms with Crippen molar-refractivity contribution in [1.82, 2.24) is 4.90 Å². The van der Waals surface area contributed by atoms with Crippen molar-refractivity contribution >= 4 is 11.9 Å². The summed E-state index contributed by atoms with van der Waals surface area (Å²) in [6.07, 6.45) is 3.00. The van der Waals surface area contributed by atoms with Crippen molar-refractivity contribution in [3.05, 3.63) is 0 Å². The van der Waals surface area contributed by atoms with Crippen molar-refractivity contribution in [2.75, 3.05) is 26.8 Å². The molecule has 0 aromatic heterocycles. The summed E-state index contributed by atoms with van der Waals surface area (Å²) in [6, 6.07) is 0. The van der Waals surface area contributed by atoms with E-state index in [0.717, 1.165) is 32.5 Å². The first-order valence-corrected chi connectivity index (χ1v) is 6.08. The van der Waals surface area contributed by atoms with Crippen LogP contribution in [-0.2, 0) is 14.3 Å². The third-order valence-corrected chi connectivity index (χ3v) is 3.33. The van der Waals surface area contributed by atoms with Gasteiger partial charge in [0.15, 0.2) is 0 Å². The lowest BCUT2D eigenvalue weighted by atomic mass is 9.96.